The van der Waals surface area contributed by atoms with E-state index in [1.165, 1.54) is 0 Å². The summed E-state index contributed by atoms with van der Waals surface area (Å²) in [5, 5.41) is 24.9. The molecule has 0 radical (unpaired) electrons. The molecule has 4 saturated heterocycles. The zero-order valence-corrected chi connectivity index (χ0v) is 50.8. The Bertz CT molecular complexity index is 2590. The van der Waals surface area contributed by atoms with Crippen molar-refractivity contribution in [2.75, 3.05) is 27.2 Å². The average Bonchev–Trinajstić information content (AvgIpc) is 1.97. The first-order valence-corrected chi connectivity index (χ1v) is 31.8. The first-order chi connectivity index (χ1) is 41.8. The number of fused-ring (bicyclic) bond motifs is 2. The molecule has 4 aliphatic heterocycles. The highest BCUT2D eigenvalue weighted by atomic mass is 16.2. The van der Waals surface area contributed by atoms with Crippen LogP contribution in [0.25, 0.3) is 0 Å². The maximum Gasteiger partial charge on any atom is 0.246 e. The predicted molar refractivity (Wildman–Crippen MR) is 332 cm³/mol. The third-order valence-electron chi connectivity index (χ3n) is 18.4. The maximum atomic E-state index is 14.8. The molecule has 462 valence electrons. The second-order valence-corrected chi connectivity index (χ2v) is 23.9. The fourth-order valence-electron chi connectivity index (χ4n) is 13.5. The summed E-state index contributed by atoms with van der Waals surface area (Å²) in [5.41, 5.74) is 3.71. The van der Waals surface area contributed by atoms with Crippen molar-refractivity contribution in [1.82, 2.24) is 52.3 Å². The summed E-state index contributed by atoms with van der Waals surface area (Å²) >= 11 is 0. The fourth-order valence-corrected chi connectivity index (χ4v) is 13.5. The summed E-state index contributed by atoms with van der Waals surface area (Å²) in [6.45, 7) is 4.21. The van der Waals surface area contributed by atoms with Gasteiger partial charge < -0.3 is 52.3 Å². The predicted octanol–water partition coefficient (Wildman–Crippen LogP) is 6.66. The van der Waals surface area contributed by atoms with E-state index in [0.717, 1.165) is 47.9 Å². The van der Waals surface area contributed by atoms with Gasteiger partial charge in [-0.2, -0.15) is 0 Å². The smallest absolute Gasteiger partial charge is 0.246 e. The summed E-state index contributed by atoms with van der Waals surface area (Å²) in [7, 11) is 3.42. The van der Waals surface area contributed by atoms with Crippen LogP contribution < -0.4 is 42.5 Å². The minimum absolute atomic E-state index is 0.123. The largest absolute Gasteiger partial charge is 0.356 e. The Morgan fingerprint density at radius 3 is 1.07 bits per heavy atom. The van der Waals surface area contributed by atoms with Crippen LogP contribution in [0, 0.1) is 11.8 Å². The van der Waals surface area contributed by atoms with Gasteiger partial charge in [0.15, 0.2) is 0 Å². The van der Waals surface area contributed by atoms with E-state index in [0.29, 0.717) is 89.9 Å². The first kappa shape index (κ1) is 64.6. The molecule has 4 fully saturated rings. The second-order valence-electron chi connectivity index (χ2n) is 23.9. The lowest BCUT2D eigenvalue weighted by molar-refractivity contribution is -0.143. The molecule has 10 atom stereocenters. The van der Waals surface area contributed by atoms with Crippen LogP contribution >= 0.6 is 0 Å². The number of hydrogen-bond donors (Lipinski definition) is 8. The van der Waals surface area contributed by atoms with Crippen molar-refractivity contribution in [3.05, 3.63) is 144 Å². The topological polar surface area (TPSA) is 239 Å². The lowest BCUT2D eigenvalue weighted by Crippen LogP contribution is -2.59. The molecule has 4 aliphatic rings. The minimum Gasteiger partial charge on any atom is -0.356 e. The Kier molecular flexibility index (Phi) is 24.3. The molecule has 0 aliphatic carbocycles. The first-order valence-electron chi connectivity index (χ1n) is 31.8. The van der Waals surface area contributed by atoms with Crippen molar-refractivity contribution in [3.8, 4) is 0 Å². The summed E-state index contributed by atoms with van der Waals surface area (Å²) < 4.78 is 0. The molecule has 18 heteroatoms. The van der Waals surface area contributed by atoms with Crippen molar-refractivity contribution in [2.24, 2.45) is 11.8 Å². The summed E-state index contributed by atoms with van der Waals surface area (Å²) in [6, 6.07) is 33.6. The van der Waals surface area contributed by atoms with Crippen molar-refractivity contribution < 1.29 is 38.4 Å². The number of hydrogen-bond acceptors (Lipinski definition) is 10. The second kappa shape index (κ2) is 32.3. The molecule has 4 aromatic rings. The molecule has 8 amide bonds. The average molecular weight is 1180 g/mol. The van der Waals surface area contributed by atoms with Crippen LogP contribution in [0.15, 0.2) is 121 Å². The highest BCUT2D eigenvalue weighted by Gasteiger charge is 2.50. The number of rotatable bonds is 29. The van der Waals surface area contributed by atoms with Gasteiger partial charge in [-0.15, -0.1) is 0 Å². The quantitative estimate of drug-likeness (QED) is 0.0269. The van der Waals surface area contributed by atoms with Crippen LogP contribution in [0.4, 0.5) is 0 Å². The number of nitrogens with zero attached hydrogens (tertiary/aromatic N) is 2. The molecule has 4 aromatic carbocycles. The van der Waals surface area contributed by atoms with Gasteiger partial charge in [0, 0.05) is 49.9 Å². The Balaban J connectivity index is 0.786. The van der Waals surface area contributed by atoms with Crippen molar-refractivity contribution in [1.29, 1.82) is 0 Å². The number of carbonyl (C=O) groups excluding carboxylic acids is 8. The highest BCUT2D eigenvalue weighted by molar-refractivity contribution is 5.96. The van der Waals surface area contributed by atoms with Gasteiger partial charge >= 0.3 is 0 Å². The summed E-state index contributed by atoms with van der Waals surface area (Å²) in [4.78, 5) is 116. The van der Waals surface area contributed by atoms with Crippen LogP contribution in [-0.2, 0) is 38.4 Å². The molecule has 86 heavy (non-hydrogen) atoms. The lowest BCUT2D eigenvalue weighted by atomic mass is 9.92. The van der Waals surface area contributed by atoms with Crippen LogP contribution in [0.2, 0.25) is 0 Å². The molecular formula is C68H92N10O8. The SMILES string of the molecule is CC[C@H](NC)C(=O)N[C@@H]1C(=O)N2[C@@H](CC[C@@H]1CNC(=O)CCCCCCCCC(=O)NC[C@H]1CC[C@H]3CC[C@@H](C(=O)NC(c4ccccc4)c4ccccc4)N3C(=O)[C@H]1NC(=O)[C@H](CC)NC)CC[C@H]2C(=O)NC(c1ccccc1)c1ccccc1. The molecule has 8 N–H and O–H groups in total. The number of likely N-dealkylation sites (N-methyl/N-ethyl adjacent to an activating group) is 2. The molecule has 0 spiro atoms. The van der Waals surface area contributed by atoms with Gasteiger partial charge in [-0.3, -0.25) is 38.4 Å². The van der Waals surface area contributed by atoms with Gasteiger partial charge in [0.1, 0.15) is 24.2 Å². The zero-order valence-electron chi connectivity index (χ0n) is 50.8. The zero-order chi connectivity index (χ0) is 61.0. The molecule has 4 heterocycles. The third kappa shape index (κ3) is 16.7. The molecule has 0 saturated carbocycles. The minimum atomic E-state index is -0.931. The monoisotopic (exact) mass is 1180 g/mol. The van der Waals surface area contributed by atoms with Gasteiger partial charge in [0.25, 0.3) is 0 Å². The Morgan fingerprint density at radius 1 is 0.442 bits per heavy atom. The standard InChI is InChI=1S/C68H92N10O8/c1-5-53(69-3)63(81)75-61-49(35-37-51-39-41-55(77(51)67(61)85)65(83)73-59(45-25-15-11-16-26-45)46-27-17-12-18-28-46)43-71-57(79)33-23-9-7-8-10-24-34-58(80)72-44-50-36-38-52-40-42-56(78(52)68(86)62(50)76-64(82)54(6-2)70-4)66(84)74-60(47-29-19-13-20-30-47)48-31-21-14-22-32-48/h11-22,25-32,49-56,59-62,69-70H,5-10,23-24,33-44H2,1-4H3,(H,71,79)(H,72,80)(H,73,83)(H,74,84)(H,75,81)(H,76,82)/t49-,50-,51+,52+,53+,54+,55+,56+,61+,62+/m1/s1. The van der Waals surface area contributed by atoms with Crippen LogP contribution in [-0.4, -0.2) is 133 Å². The Hall–Kier alpha value is -7.44. The normalized spacial score (nSPS) is 22.6. The number of amides is 8. The molecule has 0 unspecified atom stereocenters. The van der Waals surface area contributed by atoms with E-state index in [9.17, 15) is 38.4 Å². The third-order valence-corrected chi connectivity index (χ3v) is 18.4. The van der Waals surface area contributed by atoms with Crippen LogP contribution in [0.1, 0.15) is 164 Å². The van der Waals surface area contributed by atoms with Crippen molar-refractivity contribution in [3.63, 3.8) is 0 Å². The highest BCUT2D eigenvalue weighted by Crippen LogP contribution is 2.37. The molecule has 0 bridgehead atoms. The fraction of sp³-hybridized carbons (Fsp3) is 0.529. The molecule has 8 rings (SSSR count). The maximum absolute atomic E-state index is 14.8. The summed E-state index contributed by atoms with van der Waals surface area (Å²) in [5.74, 6) is -2.68. The number of nitrogens with one attached hydrogen (secondary N) is 8. The van der Waals surface area contributed by atoms with E-state index in [4.69, 9.17) is 0 Å². The van der Waals surface area contributed by atoms with Gasteiger partial charge in [0.2, 0.25) is 47.3 Å². The molecule has 18 nitrogen and oxygen atoms in total. The molecular weight excluding hydrogens is 1080 g/mol. The number of benzene rings is 4. The van der Waals surface area contributed by atoms with Crippen molar-refractivity contribution in [2.45, 2.75) is 190 Å². The van der Waals surface area contributed by atoms with Crippen LogP contribution in [0.3, 0.4) is 0 Å². The Labute approximate surface area is 508 Å². The number of unbranched alkanes of at least 4 members (excludes halogenated alkanes) is 5. The lowest BCUT2D eigenvalue weighted by Gasteiger charge is -2.33. The van der Waals surface area contributed by atoms with Gasteiger partial charge in [-0.1, -0.05) is 161 Å². The van der Waals surface area contributed by atoms with Gasteiger partial charge in [-0.25, -0.2) is 0 Å². The van der Waals surface area contributed by atoms with E-state index >= 15 is 0 Å². The Morgan fingerprint density at radius 2 is 0.756 bits per heavy atom. The number of carbonyl (C=O) groups is 8. The van der Waals surface area contributed by atoms with E-state index < -0.39 is 48.3 Å². The van der Waals surface area contributed by atoms with E-state index in [-0.39, 0.29) is 84.3 Å². The van der Waals surface area contributed by atoms with E-state index in [1.54, 1.807) is 23.9 Å². The van der Waals surface area contributed by atoms with Crippen molar-refractivity contribution >= 4 is 47.3 Å². The molecule has 0 aromatic heterocycles. The van der Waals surface area contributed by atoms with Gasteiger partial charge in [-0.05, 0) is 113 Å². The van der Waals surface area contributed by atoms with E-state index in [1.807, 2.05) is 135 Å². The van der Waals surface area contributed by atoms with Crippen LogP contribution in [0.5, 0.6) is 0 Å². The summed E-state index contributed by atoms with van der Waals surface area (Å²) in [6.07, 6.45) is 11.2. The van der Waals surface area contributed by atoms with E-state index in [2.05, 4.69) is 42.5 Å². The van der Waals surface area contributed by atoms with Gasteiger partial charge in [0.05, 0.1) is 24.2 Å².